The molecule has 0 unspecified atom stereocenters. The van der Waals surface area contributed by atoms with Gasteiger partial charge in [0.1, 0.15) is 12.3 Å². The maximum Gasteiger partial charge on any atom is 0.235 e. The molecular weight excluding hydrogens is 150 g/mol. The molecule has 10 heavy (non-hydrogen) atoms. The van der Waals surface area contributed by atoms with Gasteiger partial charge in [-0.1, -0.05) is 0 Å². The standard InChI is InChI=1S/C6H9NO2S/c1-10-3-2-6(4-8)7-5-9/h4,6H,2-3H2,1H3/t6-/m0/s1. The van der Waals surface area contributed by atoms with Crippen molar-refractivity contribution >= 4 is 24.1 Å². The van der Waals surface area contributed by atoms with Gasteiger partial charge in [-0.15, -0.1) is 0 Å². The Morgan fingerprint density at radius 1 is 1.80 bits per heavy atom. The van der Waals surface area contributed by atoms with E-state index in [0.29, 0.717) is 12.7 Å². The van der Waals surface area contributed by atoms with E-state index < -0.39 is 6.04 Å². The number of aliphatic imine (C=N–C) groups is 1. The zero-order valence-corrected chi connectivity index (χ0v) is 6.56. The van der Waals surface area contributed by atoms with Crippen LogP contribution in [-0.4, -0.2) is 30.4 Å². The lowest BCUT2D eigenvalue weighted by atomic mass is 10.3. The summed E-state index contributed by atoms with van der Waals surface area (Å²) in [4.78, 5) is 23.1. The summed E-state index contributed by atoms with van der Waals surface area (Å²) in [7, 11) is 0. The third kappa shape index (κ3) is 4.30. The second-order valence-corrected chi connectivity index (χ2v) is 2.69. The Bertz CT molecular complexity index is 143. The van der Waals surface area contributed by atoms with Crippen molar-refractivity contribution in [3.8, 4) is 0 Å². The van der Waals surface area contributed by atoms with Crippen LogP contribution in [0.15, 0.2) is 4.99 Å². The summed E-state index contributed by atoms with van der Waals surface area (Å²) in [5.74, 6) is 0.842. The number of hydrogen-bond donors (Lipinski definition) is 0. The number of nitrogens with zero attached hydrogens (tertiary/aromatic N) is 1. The van der Waals surface area contributed by atoms with Gasteiger partial charge >= 0.3 is 0 Å². The lowest BCUT2D eigenvalue weighted by molar-refractivity contribution is -0.108. The highest BCUT2D eigenvalue weighted by atomic mass is 32.2. The zero-order valence-electron chi connectivity index (χ0n) is 5.74. The van der Waals surface area contributed by atoms with E-state index in [1.807, 2.05) is 6.26 Å². The van der Waals surface area contributed by atoms with Crippen LogP contribution in [0.2, 0.25) is 0 Å². The lowest BCUT2D eigenvalue weighted by Crippen LogP contribution is -2.06. The van der Waals surface area contributed by atoms with Gasteiger partial charge in [0.2, 0.25) is 6.08 Å². The summed E-state index contributed by atoms with van der Waals surface area (Å²) < 4.78 is 0. The van der Waals surface area contributed by atoms with Crippen molar-refractivity contribution in [1.82, 2.24) is 0 Å². The first kappa shape index (κ1) is 9.40. The highest BCUT2D eigenvalue weighted by Crippen LogP contribution is 2.00. The van der Waals surface area contributed by atoms with E-state index in [-0.39, 0.29) is 0 Å². The minimum atomic E-state index is -0.482. The summed E-state index contributed by atoms with van der Waals surface area (Å²) >= 11 is 1.62. The molecule has 0 aliphatic rings. The van der Waals surface area contributed by atoms with Crippen molar-refractivity contribution in [3.05, 3.63) is 0 Å². The number of thioether (sulfide) groups is 1. The first-order valence-electron chi connectivity index (χ1n) is 2.86. The molecule has 0 aromatic heterocycles. The number of rotatable bonds is 5. The van der Waals surface area contributed by atoms with Crippen LogP contribution < -0.4 is 0 Å². The summed E-state index contributed by atoms with van der Waals surface area (Å²) in [6.45, 7) is 0. The Morgan fingerprint density at radius 2 is 2.50 bits per heavy atom. The van der Waals surface area contributed by atoms with Crippen molar-refractivity contribution in [2.24, 2.45) is 4.99 Å². The predicted molar refractivity (Wildman–Crippen MR) is 41.0 cm³/mol. The Hall–Kier alpha value is -0.600. The molecule has 0 saturated heterocycles. The second kappa shape index (κ2) is 6.52. The first-order valence-corrected chi connectivity index (χ1v) is 4.25. The molecular formula is C6H9NO2S. The lowest BCUT2D eigenvalue weighted by Gasteiger charge is -1.97. The average Bonchev–Trinajstić information content (AvgIpc) is 1.98. The third-order valence-corrected chi connectivity index (χ3v) is 1.64. The third-order valence-electron chi connectivity index (χ3n) is 0.993. The van der Waals surface area contributed by atoms with Gasteiger partial charge in [-0.25, -0.2) is 4.79 Å². The van der Waals surface area contributed by atoms with Crippen molar-refractivity contribution in [2.45, 2.75) is 12.5 Å². The molecule has 4 heteroatoms. The largest absolute Gasteiger partial charge is 0.301 e. The van der Waals surface area contributed by atoms with Crippen molar-refractivity contribution in [1.29, 1.82) is 0 Å². The molecule has 0 aromatic rings. The predicted octanol–water partition coefficient (Wildman–Crippen LogP) is 0.643. The van der Waals surface area contributed by atoms with Crippen LogP contribution in [0.1, 0.15) is 6.42 Å². The van der Waals surface area contributed by atoms with E-state index in [0.717, 1.165) is 5.75 Å². The Morgan fingerprint density at radius 3 is 2.90 bits per heavy atom. The summed E-state index contributed by atoms with van der Waals surface area (Å²) in [5.41, 5.74) is 0. The van der Waals surface area contributed by atoms with Gasteiger partial charge in [0.15, 0.2) is 0 Å². The quantitative estimate of drug-likeness (QED) is 0.336. The minimum Gasteiger partial charge on any atom is -0.301 e. The fourth-order valence-corrected chi connectivity index (χ4v) is 0.947. The number of hydrogen-bond acceptors (Lipinski definition) is 4. The molecule has 3 nitrogen and oxygen atoms in total. The molecule has 0 aliphatic carbocycles. The van der Waals surface area contributed by atoms with Crippen LogP contribution in [0.5, 0.6) is 0 Å². The SMILES string of the molecule is CSCC[C@@H](C=O)N=C=O. The molecule has 56 valence electrons. The van der Waals surface area contributed by atoms with Crippen LogP contribution >= 0.6 is 11.8 Å². The molecule has 1 atom stereocenters. The van der Waals surface area contributed by atoms with Crippen LogP contribution in [0.25, 0.3) is 0 Å². The monoisotopic (exact) mass is 159 g/mol. The van der Waals surface area contributed by atoms with Gasteiger partial charge in [0.05, 0.1) is 0 Å². The van der Waals surface area contributed by atoms with Crippen molar-refractivity contribution in [2.75, 3.05) is 12.0 Å². The van der Waals surface area contributed by atoms with Crippen LogP contribution in [0.3, 0.4) is 0 Å². The van der Waals surface area contributed by atoms with Gasteiger partial charge in [-0.2, -0.15) is 16.8 Å². The fraction of sp³-hybridized carbons (Fsp3) is 0.667. The van der Waals surface area contributed by atoms with Gasteiger partial charge in [-0.05, 0) is 18.4 Å². The molecule has 0 amide bonds. The second-order valence-electron chi connectivity index (χ2n) is 1.71. The molecule has 0 saturated carbocycles. The average molecular weight is 159 g/mol. The molecule has 0 bridgehead atoms. The zero-order chi connectivity index (χ0) is 7.82. The normalized spacial score (nSPS) is 11.7. The Kier molecular flexibility index (Phi) is 6.13. The molecule has 0 fully saturated rings. The van der Waals surface area contributed by atoms with Crippen LogP contribution in [-0.2, 0) is 9.59 Å². The molecule has 0 aliphatic heterocycles. The molecule has 0 rings (SSSR count). The van der Waals surface area contributed by atoms with Gasteiger partial charge in [-0.3, -0.25) is 0 Å². The van der Waals surface area contributed by atoms with Gasteiger partial charge in [0.25, 0.3) is 0 Å². The van der Waals surface area contributed by atoms with Crippen molar-refractivity contribution < 1.29 is 9.59 Å². The van der Waals surface area contributed by atoms with Crippen LogP contribution in [0, 0.1) is 0 Å². The summed E-state index contributed by atoms with van der Waals surface area (Å²) in [5, 5.41) is 0. The molecule has 0 N–H and O–H groups in total. The fourth-order valence-electron chi connectivity index (χ4n) is 0.469. The highest BCUT2D eigenvalue weighted by Gasteiger charge is 2.02. The molecule has 0 aromatic carbocycles. The summed E-state index contributed by atoms with van der Waals surface area (Å²) in [6, 6.07) is -0.482. The van der Waals surface area contributed by atoms with E-state index in [2.05, 4.69) is 4.99 Å². The number of carbonyl (C=O) groups excluding carboxylic acids is 2. The maximum absolute atomic E-state index is 10.1. The topological polar surface area (TPSA) is 46.5 Å². The number of aldehydes is 1. The summed E-state index contributed by atoms with van der Waals surface area (Å²) in [6.07, 6.45) is 4.59. The van der Waals surface area contributed by atoms with E-state index in [9.17, 15) is 9.59 Å². The Balaban J connectivity index is 3.60. The highest BCUT2D eigenvalue weighted by molar-refractivity contribution is 7.98. The Labute approximate surface area is 63.9 Å². The van der Waals surface area contributed by atoms with Crippen molar-refractivity contribution in [3.63, 3.8) is 0 Å². The first-order chi connectivity index (χ1) is 4.85. The molecule has 0 spiro atoms. The van der Waals surface area contributed by atoms with Gasteiger partial charge in [0, 0.05) is 0 Å². The smallest absolute Gasteiger partial charge is 0.235 e. The van der Waals surface area contributed by atoms with Crippen LogP contribution in [0.4, 0.5) is 0 Å². The number of carbonyl (C=O) groups is 1. The van der Waals surface area contributed by atoms with E-state index in [4.69, 9.17) is 0 Å². The van der Waals surface area contributed by atoms with Gasteiger partial charge < -0.3 is 4.79 Å². The van der Waals surface area contributed by atoms with E-state index in [1.165, 1.54) is 6.08 Å². The van der Waals surface area contributed by atoms with E-state index >= 15 is 0 Å². The maximum atomic E-state index is 10.1. The molecule has 0 heterocycles. The van der Waals surface area contributed by atoms with E-state index in [1.54, 1.807) is 11.8 Å². The minimum absolute atomic E-state index is 0.482. The molecule has 0 radical (unpaired) electrons. The number of isocyanates is 1.